The van der Waals surface area contributed by atoms with Gasteiger partial charge in [-0.2, -0.15) is 0 Å². The van der Waals surface area contributed by atoms with Gasteiger partial charge in [0.05, 0.1) is 5.92 Å². The number of benzene rings is 1. The fourth-order valence-corrected chi connectivity index (χ4v) is 4.85. The maximum absolute atomic E-state index is 12.6. The van der Waals surface area contributed by atoms with Crippen molar-refractivity contribution >= 4 is 11.7 Å². The van der Waals surface area contributed by atoms with Gasteiger partial charge in [0, 0.05) is 11.5 Å². The van der Waals surface area contributed by atoms with Crippen molar-refractivity contribution in [2.75, 3.05) is 0 Å². The van der Waals surface area contributed by atoms with Gasteiger partial charge in [-0.05, 0) is 42.6 Å². The lowest BCUT2D eigenvalue weighted by atomic mass is 9.70. The van der Waals surface area contributed by atoms with Crippen LogP contribution in [0, 0.1) is 29.6 Å². The van der Waals surface area contributed by atoms with E-state index in [2.05, 4.69) is 26.0 Å². The lowest BCUT2D eigenvalue weighted by Crippen LogP contribution is -2.38. The second-order valence-corrected chi connectivity index (χ2v) is 7.14. The largest absolute Gasteiger partial charge is 0.426 e. The van der Waals surface area contributed by atoms with Crippen LogP contribution in [0.25, 0.3) is 5.76 Å². The lowest BCUT2D eigenvalue weighted by molar-refractivity contribution is -0.147. The van der Waals surface area contributed by atoms with Crippen LogP contribution in [0.4, 0.5) is 0 Å². The topological polar surface area (TPSA) is 26.3 Å². The smallest absolute Gasteiger partial charge is 0.315 e. The average Bonchev–Trinajstić information content (AvgIpc) is 3.08. The molecular weight excluding hydrogens is 260 g/mol. The number of hydrogen-bond donors (Lipinski definition) is 0. The van der Waals surface area contributed by atoms with Crippen LogP contribution < -0.4 is 0 Å². The Labute approximate surface area is 126 Å². The summed E-state index contributed by atoms with van der Waals surface area (Å²) in [6.07, 6.45) is 3.82. The third kappa shape index (κ3) is 1.88. The molecule has 0 radical (unpaired) electrons. The molecule has 2 fully saturated rings. The molecule has 4 rings (SSSR count). The van der Waals surface area contributed by atoms with Crippen LogP contribution in [0.2, 0.25) is 0 Å². The van der Waals surface area contributed by atoms with Gasteiger partial charge >= 0.3 is 5.97 Å². The third-order valence-corrected chi connectivity index (χ3v) is 5.66. The van der Waals surface area contributed by atoms with E-state index in [0.717, 1.165) is 11.3 Å². The highest BCUT2D eigenvalue weighted by Crippen LogP contribution is 2.59. The summed E-state index contributed by atoms with van der Waals surface area (Å²) in [5, 5.41) is 0. The van der Waals surface area contributed by atoms with Crippen molar-refractivity contribution in [3.63, 3.8) is 0 Å². The molecule has 21 heavy (non-hydrogen) atoms. The second kappa shape index (κ2) is 4.72. The van der Waals surface area contributed by atoms with Crippen LogP contribution in [-0.4, -0.2) is 5.97 Å². The van der Waals surface area contributed by atoms with E-state index in [-0.39, 0.29) is 11.9 Å². The van der Waals surface area contributed by atoms with E-state index in [4.69, 9.17) is 4.74 Å². The molecule has 2 aliphatic carbocycles. The van der Waals surface area contributed by atoms with Crippen molar-refractivity contribution in [3.8, 4) is 0 Å². The van der Waals surface area contributed by atoms with Gasteiger partial charge < -0.3 is 4.74 Å². The van der Waals surface area contributed by atoms with Gasteiger partial charge in [-0.1, -0.05) is 44.2 Å². The Hall–Kier alpha value is -1.57. The molecule has 2 heteroatoms. The van der Waals surface area contributed by atoms with Crippen molar-refractivity contribution < 1.29 is 9.53 Å². The van der Waals surface area contributed by atoms with E-state index in [9.17, 15) is 4.79 Å². The molecule has 4 unspecified atom stereocenters. The first-order chi connectivity index (χ1) is 10.2. The molecule has 0 spiro atoms. The zero-order valence-corrected chi connectivity index (χ0v) is 12.7. The summed E-state index contributed by atoms with van der Waals surface area (Å²) in [5.74, 6) is 3.06. The molecular formula is C19H22O2. The molecule has 0 saturated heterocycles. The molecule has 0 aromatic heterocycles. The first kappa shape index (κ1) is 13.1. The predicted octanol–water partition coefficient (Wildman–Crippen LogP) is 4.27. The summed E-state index contributed by atoms with van der Waals surface area (Å²) in [5.41, 5.74) is 2.52. The Kier molecular flexibility index (Phi) is 2.95. The first-order valence-corrected chi connectivity index (χ1v) is 8.18. The van der Waals surface area contributed by atoms with Gasteiger partial charge in [-0.15, -0.1) is 0 Å². The standard InChI is InChI=1S/C19H22O2/c1-11(2)15-16-13-8-9-14(10-13)17(16)18(21-19(15)20)12-6-4-3-5-7-12/h3-7,11,13-16H,8-10H2,1-2H3. The first-order valence-electron chi connectivity index (χ1n) is 8.18. The number of allylic oxidation sites excluding steroid dienone is 1. The van der Waals surface area contributed by atoms with Gasteiger partial charge in [0.2, 0.25) is 0 Å². The van der Waals surface area contributed by atoms with E-state index >= 15 is 0 Å². The number of hydrogen-bond acceptors (Lipinski definition) is 2. The van der Waals surface area contributed by atoms with Crippen molar-refractivity contribution in [3.05, 3.63) is 41.5 Å². The quantitative estimate of drug-likeness (QED) is 0.757. The number of carbonyl (C=O) groups is 1. The predicted molar refractivity (Wildman–Crippen MR) is 82.1 cm³/mol. The van der Waals surface area contributed by atoms with Crippen molar-refractivity contribution in [2.24, 2.45) is 29.6 Å². The van der Waals surface area contributed by atoms with Crippen LogP contribution in [0.5, 0.6) is 0 Å². The summed E-state index contributed by atoms with van der Waals surface area (Å²) < 4.78 is 5.85. The second-order valence-electron chi connectivity index (χ2n) is 7.14. The molecule has 2 nitrogen and oxygen atoms in total. The summed E-state index contributed by atoms with van der Waals surface area (Å²) in [4.78, 5) is 12.6. The fraction of sp³-hybridized carbons (Fsp3) is 0.526. The highest BCUT2D eigenvalue weighted by Gasteiger charge is 2.54. The number of ether oxygens (including phenoxy) is 1. The van der Waals surface area contributed by atoms with Crippen LogP contribution in [0.1, 0.15) is 38.7 Å². The Bertz CT molecular complexity index is 599. The molecule has 2 saturated carbocycles. The Morgan fingerprint density at radius 3 is 2.62 bits per heavy atom. The Balaban J connectivity index is 1.86. The van der Waals surface area contributed by atoms with Crippen LogP contribution in [-0.2, 0) is 9.53 Å². The monoisotopic (exact) mass is 282 g/mol. The zero-order valence-electron chi connectivity index (χ0n) is 12.7. The molecule has 0 amide bonds. The Morgan fingerprint density at radius 2 is 1.90 bits per heavy atom. The summed E-state index contributed by atoms with van der Waals surface area (Å²) >= 11 is 0. The minimum absolute atomic E-state index is 0.00912. The molecule has 1 aromatic carbocycles. The highest BCUT2D eigenvalue weighted by molar-refractivity contribution is 5.85. The van der Waals surface area contributed by atoms with Gasteiger partial charge in [-0.25, -0.2) is 0 Å². The average molecular weight is 282 g/mol. The molecule has 1 aliphatic heterocycles. The molecule has 1 aromatic rings. The molecule has 4 atom stereocenters. The number of carbonyl (C=O) groups excluding carboxylic acids is 1. The fourth-order valence-electron chi connectivity index (χ4n) is 4.85. The van der Waals surface area contributed by atoms with Gasteiger partial charge in [0.15, 0.2) is 0 Å². The molecule has 0 N–H and O–H groups in total. The number of cyclic esters (lactones) is 1. The van der Waals surface area contributed by atoms with Crippen molar-refractivity contribution in [1.29, 1.82) is 0 Å². The highest BCUT2D eigenvalue weighted by atomic mass is 16.5. The zero-order chi connectivity index (χ0) is 14.6. The van der Waals surface area contributed by atoms with Gasteiger partial charge in [-0.3, -0.25) is 4.79 Å². The third-order valence-electron chi connectivity index (χ3n) is 5.66. The maximum atomic E-state index is 12.6. The normalized spacial score (nSPS) is 34.3. The summed E-state index contributed by atoms with van der Waals surface area (Å²) in [6.45, 7) is 4.31. The number of esters is 1. The molecule has 2 bridgehead atoms. The van der Waals surface area contributed by atoms with Crippen LogP contribution in [0.15, 0.2) is 35.9 Å². The minimum atomic E-state index is -0.00912. The van der Waals surface area contributed by atoms with Crippen molar-refractivity contribution in [2.45, 2.75) is 33.1 Å². The van der Waals surface area contributed by atoms with E-state index in [0.29, 0.717) is 23.7 Å². The molecule has 1 heterocycles. The van der Waals surface area contributed by atoms with E-state index in [1.54, 1.807) is 0 Å². The van der Waals surface area contributed by atoms with Gasteiger partial charge in [0.25, 0.3) is 0 Å². The maximum Gasteiger partial charge on any atom is 0.315 e. The number of fused-ring (bicyclic) bond motifs is 5. The van der Waals surface area contributed by atoms with E-state index in [1.165, 1.54) is 24.8 Å². The molecule has 110 valence electrons. The van der Waals surface area contributed by atoms with Crippen LogP contribution >= 0.6 is 0 Å². The Morgan fingerprint density at radius 1 is 1.14 bits per heavy atom. The van der Waals surface area contributed by atoms with E-state index < -0.39 is 0 Å². The SMILES string of the molecule is CC(C)C1C(=O)OC(c2ccccc2)=C2C3CCC(C3)C21. The van der Waals surface area contributed by atoms with Gasteiger partial charge in [0.1, 0.15) is 5.76 Å². The van der Waals surface area contributed by atoms with E-state index in [1.807, 2.05) is 18.2 Å². The summed E-state index contributed by atoms with van der Waals surface area (Å²) in [6, 6.07) is 10.2. The minimum Gasteiger partial charge on any atom is -0.426 e. The molecule has 3 aliphatic rings. The summed E-state index contributed by atoms with van der Waals surface area (Å²) in [7, 11) is 0. The lowest BCUT2D eigenvalue weighted by Gasteiger charge is -2.38. The van der Waals surface area contributed by atoms with Crippen LogP contribution in [0.3, 0.4) is 0 Å². The van der Waals surface area contributed by atoms with Crippen molar-refractivity contribution in [1.82, 2.24) is 0 Å². The number of rotatable bonds is 2.